The van der Waals surface area contributed by atoms with Gasteiger partial charge in [-0.3, -0.25) is 10.1 Å². The van der Waals surface area contributed by atoms with Crippen molar-refractivity contribution in [3.63, 3.8) is 0 Å². The third-order valence-corrected chi connectivity index (χ3v) is 3.00. The minimum atomic E-state index is -0.439. The van der Waals surface area contributed by atoms with Crippen LogP contribution < -0.4 is 0 Å². The van der Waals surface area contributed by atoms with Crippen molar-refractivity contribution in [3.05, 3.63) is 44.8 Å². The van der Waals surface area contributed by atoms with Crippen LogP contribution >= 0.6 is 11.3 Å². The Balaban J connectivity index is 2.27. The Labute approximate surface area is 101 Å². The molecule has 0 aliphatic heterocycles. The fraction of sp³-hybridized carbons (Fsp3) is 0.0909. The molecule has 0 N–H and O–H groups in total. The quantitative estimate of drug-likeness (QED) is 0.615. The zero-order valence-electron chi connectivity index (χ0n) is 8.66. The molecule has 0 bridgehead atoms. The second-order valence-corrected chi connectivity index (χ2v) is 4.21. The molecule has 0 fully saturated rings. The summed E-state index contributed by atoms with van der Waals surface area (Å²) < 4.78 is 0. The molecule has 0 amide bonds. The standard InChI is InChI=1S/C11H7N3O2S/c12-6-5-11-13-10(7-17-11)8-1-3-9(4-2-8)14(15)16/h1-4,7H,5H2. The third-order valence-electron chi connectivity index (χ3n) is 2.16. The Morgan fingerprint density at radius 3 is 2.71 bits per heavy atom. The molecule has 6 heteroatoms. The number of aromatic nitrogens is 1. The van der Waals surface area contributed by atoms with E-state index in [2.05, 4.69) is 4.98 Å². The number of thiazole rings is 1. The molecule has 0 saturated heterocycles. The Hall–Kier alpha value is -2.26. The van der Waals surface area contributed by atoms with Crippen molar-refractivity contribution >= 4 is 17.0 Å². The summed E-state index contributed by atoms with van der Waals surface area (Å²) in [6.07, 6.45) is 0.289. The topological polar surface area (TPSA) is 79.8 Å². The fourth-order valence-corrected chi connectivity index (χ4v) is 2.08. The van der Waals surface area contributed by atoms with E-state index in [0.717, 1.165) is 16.3 Å². The van der Waals surface area contributed by atoms with Gasteiger partial charge in [-0.15, -0.1) is 11.3 Å². The molecule has 0 saturated carbocycles. The van der Waals surface area contributed by atoms with Gasteiger partial charge in [0.15, 0.2) is 0 Å². The van der Waals surface area contributed by atoms with E-state index in [1.54, 1.807) is 12.1 Å². The highest BCUT2D eigenvalue weighted by molar-refractivity contribution is 7.10. The summed E-state index contributed by atoms with van der Waals surface area (Å²) in [7, 11) is 0. The van der Waals surface area contributed by atoms with Gasteiger partial charge in [-0.1, -0.05) is 0 Å². The molecule has 0 aliphatic rings. The number of benzene rings is 1. The molecule has 1 aromatic heterocycles. The molecule has 1 heterocycles. The number of hydrogen-bond donors (Lipinski definition) is 0. The highest BCUT2D eigenvalue weighted by atomic mass is 32.1. The monoisotopic (exact) mass is 245 g/mol. The van der Waals surface area contributed by atoms with Gasteiger partial charge in [0.25, 0.3) is 5.69 Å². The average Bonchev–Trinajstić information content (AvgIpc) is 2.78. The van der Waals surface area contributed by atoms with Gasteiger partial charge in [0, 0.05) is 23.1 Å². The van der Waals surface area contributed by atoms with Crippen LogP contribution in [0.2, 0.25) is 0 Å². The van der Waals surface area contributed by atoms with Crippen molar-refractivity contribution in [1.29, 1.82) is 5.26 Å². The van der Waals surface area contributed by atoms with Crippen molar-refractivity contribution in [2.24, 2.45) is 0 Å². The predicted molar refractivity (Wildman–Crippen MR) is 63.5 cm³/mol. The lowest BCUT2D eigenvalue weighted by molar-refractivity contribution is -0.384. The predicted octanol–water partition coefficient (Wildman–Crippen LogP) is 2.78. The average molecular weight is 245 g/mol. The van der Waals surface area contributed by atoms with Crippen LogP contribution in [-0.4, -0.2) is 9.91 Å². The fourth-order valence-electron chi connectivity index (χ4n) is 1.35. The molecule has 0 aliphatic carbocycles. The summed E-state index contributed by atoms with van der Waals surface area (Å²) in [5, 5.41) is 21.6. The van der Waals surface area contributed by atoms with Crippen molar-refractivity contribution in [3.8, 4) is 17.3 Å². The molecule has 0 spiro atoms. The SMILES string of the molecule is N#CCc1nc(-c2ccc([N+](=O)[O-])cc2)cs1. The van der Waals surface area contributed by atoms with E-state index < -0.39 is 4.92 Å². The second kappa shape index (κ2) is 4.72. The molecule has 17 heavy (non-hydrogen) atoms. The van der Waals surface area contributed by atoms with Crippen molar-refractivity contribution in [1.82, 2.24) is 4.98 Å². The van der Waals surface area contributed by atoms with Crippen molar-refractivity contribution in [2.45, 2.75) is 6.42 Å². The van der Waals surface area contributed by atoms with E-state index in [1.807, 2.05) is 11.4 Å². The first-order valence-corrected chi connectivity index (χ1v) is 5.65. The maximum Gasteiger partial charge on any atom is 0.269 e. The second-order valence-electron chi connectivity index (χ2n) is 3.27. The van der Waals surface area contributed by atoms with E-state index >= 15 is 0 Å². The van der Waals surface area contributed by atoms with Gasteiger partial charge in [-0.25, -0.2) is 4.98 Å². The number of nitriles is 1. The first-order valence-electron chi connectivity index (χ1n) is 4.77. The minimum absolute atomic E-state index is 0.0567. The Bertz CT molecular complexity index is 584. The molecule has 0 atom stereocenters. The zero-order chi connectivity index (χ0) is 12.3. The van der Waals surface area contributed by atoms with E-state index in [9.17, 15) is 10.1 Å². The van der Waals surface area contributed by atoms with Gasteiger partial charge in [0.05, 0.1) is 23.1 Å². The van der Waals surface area contributed by atoms with Gasteiger partial charge in [-0.2, -0.15) is 5.26 Å². The first kappa shape index (κ1) is 11.2. The van der Waals surface area contributed by atoms with E-state index in [-0.39, 0.29) is 12.1 Å². The summed E-state index contributed by atoms with van der Waals surface area (Å²) in [6, 6.07) is 8.23. The molecule has 2 aromatic rings. The zero-order valence-corrected chi connectivity index (χ0v) is 9.48. The normalized spacial score (nSPS) is 9.82. The van der Waals surface area contributed by atoms with Crippen LogP contribution in [0.15, 0.2) is 29.6 Å². The van der Waals surface area contributed by atoms with E-state index in [4.69, 9.17) is 5.26 Å². The lowest BCUT2D eigenvalue weighted by atomic mass is 10.1. The first-order chi connectivity index (χ1) is 8.20. The highest BCUT2D eigenvalue weighted by Crippen LogP contribution is 2.24. The Morgan fingerprint density at radius 1 is 1.41 bits per heavy atom. The summed E-state index contributed by atoms with van der Waals surface area (Å²) >= 11 is 1.41. The number of rotatable bonds is 3. The number of nitro groups is 1. The van der Waals surface area contributed by atoms with Crippen LogP contribution in [-0.2, 0) is 6.42 Å². The van der Waals surface area contributed by atoms with Crippen LogP contribution in [0.4, 0.5) is 5.69 Å². The lowest BCUT2D eigenvalue weighted by Crippen LogP contribution is -1.87. The molecule has 0 radical (unpaired) electrons. The van der Waals surface area contributed by atoms with Crippen LogP contribution in [0.3, 0.4) is 0 Å². The summed E-state index contributed by atoms with van der Waals surface area (Å²) in [5.41, 5.74) is 1.62. The molecule has 2 rings (SSSR count). The maximum atomic E-state index is 10.5. The van der Waals surface area contributed by atoms with Gasteiger partial charge in [0.2, 0.25) is 0 Å². The number of non-ortho nitro benzene ring substituents is 1. The van der Waals surface area contributed by atoms with Gasteiger partial charge in [0.1, 0.15) is 5.01 Å². The van der Waals surface area contributed by atoms with Crippen LogP contribution in [0.5, 0.6) is 0 Å². The largest absolute Gasteiger partial charge is 0.269 e. The lowest BCUT2D eigenvalue weighted by Gasteiger charge is -1.95. The third kappa shape index (κ3) is 2.46. The molecule has 84 valence electrons. The summed E-state index contributed by atoms with van der Waals surface area (Å²) in [5.74, 6) is 0. The van der Waals surface area contributed by atoms with Gasteiger partial charge in [-0.05, 0) is 12.1 Å². The van der Waals surface area contributed by atoms with Crippen molar-refractivity contribution < 1.29 is 4.92 Å². The van der Waals surface area contributed by atoms with Gasteiger partial charge >= 0.3 is 0 Å². The van der Waals surface area contributed by atoms with Crippen LogP contribution in [0.25, 0.3) is 11.3 Å². The Morgan fingerprint density at radius 2 is 2.12 bits per heavy atom. The summed E-state index contributed by atoms with van der Waals surface area (Å²) in [4.78, 5) is 14.3. The minimum Gasteiger partial charge on any atom is -0.258 e. The highest BCUT2D eigenvalue weighted by Gasteiger charge is 2.07. The number of nitrogens with zero attached hydrogens (tertiary/aromatic N) is 3. The summed E-state index contributed by atoms with van der Waals surface area (Å²) in [6.45, 7) is 0. The number of hydrogen-bond acceptors (Lipinski definition) is 5. The molecular formula is C11H7N3O2S. The van der Waals surface area contributed by atoms with E-state index in [0.29, 0.717) is 0 Å². The Kier molecular flexibility index (Phi) is 3.12. The van der Waals surface area contributed by atoms with Crippen LogP contribution in [0, 0.1) is 21.4 Å². The van der Waals surface area contributed by atoms with Crippen LogP contribution in [0.1, 0.15) is 5.01 Å². The maximum absolute atomic E-state index is 10.5. The molecule has 5 nitrogen and oxygen atoms in total. The molecular weight excluding hydrogens is 238 g/mol. The molecule has 0 unspecified atom stereocenters. The molecule has 1 aromatic carbocycles. The van der Waals surface area contributed by atoms with E-state index in [1.165, 1.54) is 23.5 Å². The number of nitro benzene ring substituents is 1. The smallest absolute Gasteiger partial charge is 0.258 e. The van der Waals surface area contributed by atoms with Crippen molar-refractivity contribution in [2.75, 3.05) is 0 Å². The van der Waals surface area contributed by atoms with Gasteiger partial charge < -0.3 is 0 Å².